The number of hydrogen-bond donors (Lipinski definition) is 2. The van der Waals surface area contributed by atoms with Gasteiger partial charge in [-0.05, 0) is 36.0 Å². The van der Waals surface area contributed by atoms with E-state index >= 15 is 0 Å². The Balaban J connectivity index is 1.52. The third-order valence-electron chi connectivity index (χ3n) is 5.73. The first-order valence-electron chi connectivity index (χ1n) is 10.6. The lowest BCUT2D eigenvalue weighted by Crippen LogP contribution is -2.38. The number of carbonyl (C=O) groups excluding carboxylic acids is 1. The maximum absolute atomic E-state index is 12.8. The fourth-order valence-electron chi connectivity index (χ4n) is 3.98. The van der Waals surface area contributed by atoms with Gasteiger partial charge in [0.25, 0.3) is 5.91 Å². The van der Waals surface area contributed by atoms with Crippen LogP contribution in [0.3, 0.4) is 0 Å². The molecule has 2 radical (unpaired) electrons. The molecule has 0 atom stereocenters. The Bertz CT molecular complexity index is 1160. The van der Waals surface area contributed by atoms with Gasteiger partial charge in [0.1, 0.15) is 19.3 Å². The number of piperidine rings is 1. The molecule has 3 aromatic rings. The summed E-state index contributed by atoms with van der Waals surface area (Å²) in [7, 11) is 6.11. The fourth-order valence-corrected chi connectivity index (χ4v) is 3.98. The number of rotatable bonds is 7. The van der Waals surface area contributed by atoms with Crippen LogP contribution in [0.4, 0.5) is 5.82 Å². The first kappa shape index (κ1) is 21.6. The number of nitrogens with one attached hydrogen (secondary N) is 2. The van der Waals surface area contributed by atoms with Crippen LogP contribution in [0, 0.1) is 5.41 Å². The monoisotopic (exact) mass is 424 g/mol. The molecule has 1 saturated heterocycles. The highest BCUT2D eigenvalue weighted by molar-refractivity contribution is 6.36. The van der Waals surface area contributed by atoms with Crippen molar-refractivity contribution in [2.45, 2.75) is 18.8 Å². The number of allylic oxidation sites excluding steroid dienone is 2. The van der Waals surface area contributed by atoms with Gasteiger partial charge in [0, 0.05) is 55.3 Å². The van der Waals surface area contributed by atoms with Crippen LogP contribution in [0.15, 0.2) is 66.9 Å². The molecule has 0 unspecified atom stereocenters. The summed E-state index contributed by atoms with van der Waals surface area (Å²) in [6, 6.07) is 11.4. The molecule has 0 saturated carbocycles. The van der Waals surface area contributed by atoms with Crippen LogP contribution in [0.25, 0.3) is 5.65 Å². The quantitative estimate of drug-likeness (QED) is 0.347. The highest BCUT2D eigenvalue weighted by Crippen LogP contribution is 2.29. The minimum absolute atomic E-state index is 0.0723. The van der Waals surface area contributed by atoms with Crippen molar-refractivity contribution in [1.82, 2.24) is 19.5 Å². The summed E-state index contributed by atoms with van der Waals surface area (Å²) >= 11 is 0. The lowest BCUT2D eigenvalue weighted by Gasteiger charge is -2.32. The second-order valence-electron chi connectivity index (χ2n) is 7.81. The second-order valence-corrected chi connectivity index (χ2v) is 7.81. The highest BCUT2D eigenvalue weighted by Gasteiger charge is 2.26. The van der Waals surface area contributed by atoms with Crippen LogP contribution in [-0.4, -0.2) is 59.1 Å². The Morgan fingerprint density at radius 1 is 1.28 bits per heavy atom. The average molecular weight is 424 g/mol. The van der Waals surface area contributed by atoms with Crippen molar-refractivity contribution in [3.05, 3.63) is 78.2 Å². The van der Waals surface area contributed by atoms with Crippen molar-refractivity contribution < 1.29 is 4.79 Å². The predicted molar refractivity (Wildman–Crippen MR) is 128 cm³/mol. The second kappa shape index (κ2) is 9.64. The lowest BCUT2D eigenvalue weighted by molar-refractivity contribution is 0.0712. The first-order valence-corrected chi connectivity index (χ1v) is 10.6. The third-order valence-corrected chi connectivity index (χ3v) is 5.73. The highest BCUT2D eigenvalue weighted by atomic mass is 16.2. The fraction of sp³-hybridized carbons (Fsp3) is 0.250. The van der Waals surface area contributed by atoms with Gasteiger partial charge in [-0.15, -0.1) is 0 Å². The van der Waals surface area contributed by atoms with Crippen LogP contribution in [0.5, 0.6) is 0 Å². The number of nitrogens with zero attached hydrogens (tertiary/aromatic N) is 4. The summed E-state index contributed by atoms with van der Waals surface area (Å²) in [6.07, 6.45) is 8.00. The zero-order chi connectivity index (χ0) is 22.5. The van der Waals surface area contributed by atoms with Crippen molar-refractivity contribution in [3.8, 4) is 0 Å². The summed E-state index contributed by atoms with van der Waals surface area (Å²) in [4.78, 5) is 19.5. The largest absolute Gasteiger partial charge is 0.366 e. The predicted octanol–water partition coefficient (Wildman–Crippen LogP) is 2.72. The maximum atomic E-state index is 12.8. The van der Waals surface area contributed by atoms with Crippen LogP contribution >= 0.6 is 0 Å². The van der Waals surface area contributed by atoms with E-state index in [-0.39, 0.29) is 11.8 Å². The molecule has 2 aromatic heterocycles. The molecule has 0 aliphatic carbocycles. The Hall–Kier alpha value is -3.68. The molecule has 1 fully saturated rings. The summed E-state index contributed by atoms with van der Waals surface area (Å²) in [5, 5.41) is 15.2. The average Bonchev–Trinajstić information content (AvgIpc) is 3.22. The van der Waals surface area contributed by atoms with Gasteiger partial charge in [0.05, 0.1) is 0 Å². The third kappa shape index (κ3) is 4.49. The molecule has 4 rings (SSSR count). The van der Waals surface area contributed by atoms with Gasteiger partial charge in [0.2, 0.25) is 0 Å². The number of anilines is 1. The zero-order valence-electron chi connectivity index (χ0n) is 17.9. The molecule has 1 amide bonds. The van der Waals surface area contributed by atoms with Crippen molar-refractivity contribution >= 4 is 36.9 Å². The molecule has 1 aromatic carbocycles. The number of likely N-dealkylation sites (tertiary alicyclic amines) is 1. The van der Waals surface area contributed by atoms with Gasteiger partial charge in [0.15, 0.2) is 0 Å². The minimum Gasteiger partial charge on any atom is -0.366 e. The van der Waals surface area contributed by atoms with Gasteiger partial charge in [-0.25, -0.2) is 4.98 Å². The van der Waals surface area contributed by atoms with Crippen LogP contribution < -0.4 is 10.8 Å². The first-order chi connectivity index (χ1) is 15.6. The molecule has 3 heterocycles. The number of fused-ring (bicyclic) bond motifs is 1. The number of benzene rings is 1. The van der Waals surface area contributed by atoms with Gasteiger partial charge in [-0.2, -0.15) is 9.61 Å². The number of carbonyl (C=O) groups is 1. The van der Waals surface area contributed by atoms with E-state index in [1.165, 1.54) is 6.21 Å². The lowest BCUT2D eigenvalue weighted by atomic mass is 9.92. The zero-order valence-corrected chi connectivity index (χ0v) is 17.9. The summed E-state index contributed by atoms with van der Waals surface area (Å²) in [5.74, 6) is 1.06. The van der Waals surface area contributed by atoms with Crippen molar-refractivity contribution in [1.29, 1.82) is 5.41 Å². The molecule has 32 heavy (non-hydrogen) atoms. The van der Waals surface area contributed by atoms with Gasteiger partial charge in [-0.3, -0.25) is 4.79 Å². The van der Waals surface area contributed by atoms with E-state index in [0.717, 1.165) is 35.5 Å². The molecular weight excluding hydrogens is 399 g/mol. The van der Waals surface area contributed by atoms with E-state index in [0.29, 0.717) is 30.7 Å². The maximum Gasteiger partial charge on any atom is 0.253 e. The standard InChI is InChI=1S/C24H25BN6O/c1-2-6-17(14-26)15-27-22-13-21(29-23-20(25)16-28-31(22)23)18-9-11-30(12-10-18)24(32)19-7-4-3-5-8-19/h2-8,13-14,16,18,26-27H,1,9-12,15H2/b17-6+,26-14?. The summed E-state index contributed by atoms with van der Waals surface area (Å²) in [5.41, 5.74) is 3.57. The molecule has 1 aliphatic heterocycles. The Kier molecular flexibility index (Phi) is 6.49. The van der Waals surface area contributed by atoms with E-state index < -0.39 is 0 Å². The van der Waals surface area contributed by atoms with Gasteiger partial charge in [-0.1, -0.05) is 36.9 Å². The summed E-state index contributed by atoms with van der Waals surface area (Å²) < 4.78 is 1.68. The van der Waals surface area contributed by atoms with Crippen LogP contribution in [0.1, 0.15) is 34.8 Å². The van der Waals surface area contributed by atoms with E-state index in [2.05, 4.69) is 17.0 Å². The normalized spacial score (nSPS) is 15.0. The SMILES string of the molecule is [B]c1cnn2c(NC/C(C=N)=C/C=C)cc(C3CCN(C(=O)c4ccccc4)CC3)nc12. The van der Waals surface area contributed by atoms with E-state index in [1.54, 1.807) is 22.9 Å². The smallest absolute Gasteiger partial charge is 0.253 e. The topological polar surface area (TPSA) is 86.4 Å². The molecular formula is C24H25BN6O. The molecule has 160 valence electrons. The van der Waals surface area contributed by atoms with Crippen LogP contribution in [-0.2, 0) is 0 Å². The molecule has 0 bridgehead atoms. The van der Waals surface area contributed by atoms with Crippen molar-refractivity contribution in [2.24, 2.45) is 0 Å². The van der Waals surface area contributed by atoms with Crippen molar-refractivity contribution in [3.63, 3.8) is 0 Å². The van der Waals surface area contributed by atoms with E-state index in [4.69, 9.17) is 18.2 Å². The summed E-state index contributed by atoms with van der Waals surface area (Å²) in [6.45, 7) is 5.51. The molecule has 0 spiro atoms. The van der Waals surface area contributed by atoms with E-state index in [1.807, 2.05) is 41.3 Å². The molecule has 7 nitrogen and oxygen atoms in total. The number of aromatic nitrogens is 3. The minimum atomic E-state index is 0.0723. The van der Waals surface area contributed by atoms with E-state index in [9.17, 15) is 4.79 Å². The molecule has 2 N–H and O–H groups in total. The Morgan fingerprint density at radius 2 is 2.03 bits per heavy atom. The number of amides is 1. The number of hydrogen-bond acceptors (Lipinski definition) is 5. The Labute approximate surface area is 188 Å². The molecule has 1 aliphatic rings. The van der Waals surface area contributed by atoms with Crippen LogP contribution in [0.2, 0.25) is 0 Å². The van der Waals surface area contributed by atoms with Gasteiger partial charge < -0.3 is 15.6 Å². The van der Waals surface area contributed by atoms with Gasteiger partial charge >= 0.3 is 0 Å². The molecule has 8 heteroatoms. The Morgan fingerprint density at radius 3 is 2.72 bits per heavy atom. The van der Waals surface area contributed by atoms with Crippen molar-refractivity contribution in [2.75, 3.05) is 25.0 Å².